The van der Waals surface area contributed by atoms with E-state index in [4.69, 9.17) is 0 Å². The van der Waals surface area contributed by atoms with Gasteiger partial charge in [-0.15, -0.1) is 5.10 Å². The zero-order chi connectivity index (χ0) is 19.3. The van der Waals surface area contributed by atoms with E-state index in [1.807, 2.05) is 44.2 Å². The number of hydrogen-bond acceptors (Lipinski definition) is 5. The first kappa shape index (κ1) is 16.7. The lowest BCUT2D eigenvalue weighted by atomic mass is 10.0. The zero-order valence-corrected chi connectivity index (χ0v) is 15.8. The Bertz CT molecular complexity index is 1180. The van der Waals surface area contributed by atoms with Gasteiger partial charge >= 0.3 is 0 Å². The number of H-pyrrole nitrogens is 1. The number of hydrogen-bond donors (Lipinski definition) is 1. The number of aryl methyl sites for hydroxylation is 2. The van der Waals surface area contributed by atoms with Gasteiger partial charge in [0, 0.05) is 30.8 Å². The number of para-hydroxylation sites is 2. The van der Waals surface area contributed by atoms with Crippen LogP contribution >= 0.6 is 0 Å². The van der Waals surface area contributed by atoms with Gasteiger partial charge in [-0.2, -0.15) is 5.10 Å². The molecule has 0 aliphatic carbocycles. The van der Waals surface area contributed by atoms with E-state index in [-0.39, 0.29) is 5.56 Å². The summed E-state index contributed by atoms with van der Waals surface area (Å²) in [6, 6.07) is 13.3. The summed E-state index contributed by atoms with van der Waals surface area (Å²) < 4.78 is 3.32. The number of nitrogens with zero attached hydrogens (tertiary/aromatic N) is 6. The SMILES string of the molecule is Cc1cc(C)n(-c2ccc(=O)n(CC3CN(c4nc5ccccc5[nH]4)C3)n2)n1. The second kappa shape index (κ2) is 6.33. The normalized spacial score (nSPS) is 14.6. The first-order valence-corrected chi connectivity index (χ1v) is 9.38. The molecule has 3 aromatic heterocycles. The number of rotatable bonds is 4. The second-order valence-corrected chi connectivity index (χ2v) is 7.40. The Balaban J connectivity index is 1.31. The molecule has 0 bridgehead atoms. The number of imidazole rings is 1. The smallest absolute Gasteiger partial charge is 0.266 e. The number of aromatic amines is 1. The van der Waals surface area contributed by atoms with E-state index in [0.717, 1.165) is 41.5 Å². The Morgan fingerprint density at radius 1 is 1.11 bits per heavy atom. The van der Waals surface area contributed by atoms with Gasteiger partial charge in [-0.3, -0.25) is 4.79 Å². The van der Waals surface area contributed by atoms with Crippen LogP contribution in [0.15, 0.2) is 47.3 Å². The molecule has 142 valence electrons. The molecule has 1 N–H and O–H groups in total. The fourth-order valence-electron chi connectivity index (χ4n) is 3.73. The Morgan fingerprint density at radius 2 is 1.93 bits per heavy atom. The van der Waals surface area contributed by atoms with E-state index in [1.165, 1.54) is 0 Å². The van der Waals surface area contributed by atoms with Crippen molar-refractivity contribution in [3.8, 4) is 5.82 Å². The summed E-state index contributed by atoms with van der Waals surface area (Å²) in [5.41, 5.74) is 3.84. The first-order chi connectivity index (χ1) is 13.6. The molecule has 28 heavy (non-hydrogen) atoms. The molecule has 0 spiro atoms. The molecule has 8 heteroatoms. The fraction of sp³-hybridized carbons (Fsp3) is 0.300. The number of benzene rings is 1. The van der Waals surface area contributed by atoms with Crippen LogP contribution in [0.5, 0.6) is 0 Å². The van der Waals surface area contributed by atoms with Crippen LogP contribution in [0.3, 0.4) is 0 Å². The highest BCUT2D eigenvalue weighted by atomic mass is 16.1. The lowest BCUT2D eigenvalue weighted by Crippen LogP contribution is -2.50. The molecule has 4 heterocycles. The summed E-state index contributed by atoms with van der Waals surface area (Å²) in [6.07, 6.45) is 0. The van der Waals surface area contributed by atoms with Gasteiger partial charge in [-0.1, -0.05) is 12.1 Å². The third-order valence-electron chi connectivity index (χ3n) is 5.14. The van der Waals surface area contributed by atoms with Crippen LogP contribution in [0.4, 0.5) is 5.95 Å². The molecule has 0 atom stereocenters. The molecule has 1 saturated heterocycles. The molecular weight excluding hydrogens is 354 g/mol. The molecule has 5 rings (SSSR count). The molecule has 4 aromatic rings. The van der Waals surface area contributed by atoms with Gasteiger partial charge in [0.15, 0.2) is 5.82 Å². The minimum atomic E-state index is -0.0903. The van der Waals surface area contributed by atoms with Crippen molar-refractivity contribution in [1.29, 1.82) is 0 Å². The van der Waals surface area contributed by atoms with E-state index in [0.29, 0.717) is 18.3 Å². The van der Waals surface area contributed by atoms with Crippen LogP contribution in [-0.2, 0) is 6.54 Å². The number of fused-ring (bicyclic) bond motifs is 1. The minimum absolute atomic E-state index is 0.0903. The van der Waals surface area contributed by atoms with Crippen molar-refractivity contribution in [2.75, 3.05) is 18.0 Å². The van der Waals surface area contributed by atoms with E-state index < -0.39 is 0 Å². The van der Waals surface area contributed by atoms with E-state index in [9.17, 15) is 4.79 Å². The summed E-state index contributed by atoms with van der Waals surface area (Å²) >= 11 is 0. The average molecular weight is 375 g/mol. The van der Waals surface area contributed by atoms with Crippen LogP contribution < -0.4 is 10.5 Å². The fourth-order valence-corrected chi connectivity index (χ4v) is 3.73. The van der Waals surface area contributed by atoms with Crippen molar-refractivity contribution in [2.45, 2.75) is 20.4 Å². The third-order valence-corrected chi connectivity index (χ3v) is 5.14. The highest BCUT2D eigenvalue weighted by Gasteiger charge is 2.29. The van der Waals surface area contributed by atoms with E-state index in [1.54, 1.807) is 21.5 Å². The monoisotopic (exact) mass is 375 g/mol. The van der Waals surface area contributed by atoms with Gasteiger partial charge in [0.05, 0.1) is 23.3 Å². The summed E-state index contributed by atoms with van der Waals surface area (Å²) in [7, 11) is 0. The zero-order valence-electron chi connectivity index (χ0n) is 15.8. The Hall–Kier alpha value is -3.42. The quantitative estimate of drug-likeness (QED) is 0.590. The molecule has 0 radical (unpaired) electrons. The van der Waals surface area contributed by atoms with Crippen molar-refractivity contribution >= 4 is 17.0 Å². The molecule has 8 nitrogen and oxygen atoms in total. The van der Waals surface area contributed by atoms with Gasteiger partial charge in [-0.25, -0.2) is 14.3 Å². The van der Waals surface area contributed by atoms with Crippen molar-refractivity contribution in [3.05, 3.63) is 64.2 Å². The molecular formula is C20H21N7O. The highest BCUT2D eigenvalue weighted by molar-refractivity contribution is 5.77. The van der Waals surface area contributed by atoms with Crippen molar-refractivity contribution in [2.24, 2.45) is 5.92 Å². The maximum atomic E-state index is 12.3. The van der Waals surface area contributed by atoms with Crippen LogP contribution in [0.1, 0.15) is 11.4 Å². The number of anilines is 1. The Kier molecular flexibility index (Phi) is 3.78. The molecule has 1 aliphatic rings. The van der Waals surface area contributed by atoms with Gasteiger partial charge in [0.2, 0.25) is 5.95 Å². The average Bonchev–Trinajstić information content (AvgIpc) is 3.21. The standard InChI is InChI=1S/C20H21N7O/c1-13-9-14(2)27(23-13)18-7-8-19(28)26(24-18)12-15-10-25(11-15)20-21-16-5-3-4-6-17(16)22-20/h3-9,15H,10-12H2,1-2H3,(H,21,22). The molecule has 0 unspecified atom stereocenters. The lowest BCUT2D eigenvalue weighted by molar-refractivity contribution is 0.330. The highest BCUT2D eigenvalue weighted by Crippen LogP contribution is 2.25. The van der Waals surface area contributed by atoms with Crippen LogP contribution in [0.25, 0.3) is 16.9 Å². The lowest BCUT2D eigenvalue weighted by Gasteiger charge is -2.39. The molecule has 1 aromatic carbocycles. The van der Waals surface area contributed by atoms with Crippen LogP contribution in [-0.4, -0.2) is 42.6 Å². The molecule has 1 aliphatic heterocycles. The Labute approximate surface area is 161 Å². The molecule has 0 amide bonds. The predicted octanol–water partition coefficient (Wildman–Crippen LogP) is 2.06. The number of nitrogens with one attached hydrogen (secondary N) is 1. The second-order valence-electron chi connectivity index (χ2n) is 7.40. The van der Waals surface area contributed by atoms with Crippen LogP contribution in [0.2, 0.25) is 0 Å². The summed E-state index contributed by atoms with van der Waals surface area (Å²) in [4.78, 5) is 22.5. The van der Waals surface area contributed by atoms with Crippen molar-refractivity contribution in [3.63, 3.8) is 0 Å². The maximum absolute atomic E-state index is 12.3. The Morgan fingerprint density at radius 3 is 2.68 bits per heavy atom. The molecule has 0 saturated carbocycles. The minimum Gasteiger partial charge on any atom is -0.342 e. The summed E-state index contributed by atoms with van der Waals surface area (Å²) in [6.45, 7) is 6.20. The van der Waals surface area contributed by atoms with Gasteiger partial charge in [0.1, 0.15) is 0 Å². The third kappa shape index (κ3) is 2.87. The largest absolute Gasteiger partial charge is 0.342 e. The van der Waals surface area contributed by atoms with Gasteiger partial charge in [-0.05, 0) is 38.1 Å². The van der Waals surface area contributed by atoms with Gasteiger partial charge < -0.3 is 9.88 Å². The first-order valence-electron chi connectivity index (χ1n) is 9.38. The molecule has 1 fully saturated rings. The van der Waals surface area contributed by atoms with Crippen molar-refractivity contribution in [1.82, 2.24) is 29.5 Å². The van der Waals surface area contributed by atoms with E-state index in [2.05, 4.69) is 25.1 Å². The van der Waals surface area contributed by atoms with Crippen LogP contribution in [0, 0.1) is 19.8 Å². The van der Waals surface area contributed by atoms with Crippen molar-refractivity contribution < 1.29 is 0 Å². The van der Waals surface area contributed by atoms with Gasteiger partial charge in [0.25, 0.3) is 5.56 Å². The number of aromatic nitrogens is 6. The summed E-state index contributed by atoms with van der Waals surface area (Å²) in [5.74, 6) is 1.90. The predicted molar refractivity (Wildman–Crippen MR) is 107 cm³/mol. The topological polar surface area (TPSA) is 84.6 Å². The maximum Gasteiger partial charge on any atom is 0.266 e. The summed E-state index contributed by atoms with van der Waals surface area (Å²) in [5, 5.41) is 8.99. The van der Waals surface area contributed by atoms with E-state index >= 15 is 0 Å².